The van der Waals surface area contributed by atoms with E-state index in [0.717, 1.165) is 19.1 Å². The van der Waals surface area contributed by atoms with Gasteiger partial charge >= 0.3 is 0 Å². The molecule has 0 bridgehead atoms. The summed E-state index contributed by atoms with van der Waals surface area (Å²) in [7, 11) is 1.75. The van der Waals surface area contributed by atoms with Crippen LogP contribution in [0.25, 0.3) is 0 Å². The highest BCUT2D eigenvalue weighted by Crippen LogP contribution is 2.38. The van der Waals surface area contributed by atoms with Gasteiger partial charge in [-0.25, -0.2) is 0 Å². The fourth-order valence-corrected chi connectivity index (χ4v) is 2.64. The first-order valence-corrected chi connectivity index (χ1v) is 6.41. The Hall–Kier alpha value is -0.505. The third kappa shape index (κ3) is 4.02. The van der Waals surface area contributed by atoms with E-state index in [1.165, 1.54) is 0 Å². The van der Waals surface area contributed by atoms with Gasteiger partial charge in [-0.15, -0.1) is 0 Å². The molecule has 0 amide bonds. The average Bonchev–Trinajstić information content (AvgIpc) is 2.13. The quantitative estimate of drug-likeness (QED) is 0.693. The van der Waals surface area contributed by atoms with Crippen molar-refractivity contribution in [3.8, 4) is 0 Å². The van der Waals surface area contributed by atoms with Crippen LogP contribution in [0, 0.1) is 5.41 Å². The maximum absolute atomic E-state index is 12.0. The van der Waals surface area contributed by atoms with Crippen LogP contribution in [0.1, 0.15) is 41.0 Å². The monoisotopic (exact) mass is 240 g/mol. The molecule has 0 aromatic heterocycles. The molecule has 98 valence electrons. The fourth-order valence-electron chi connectivity index (χ4n) is 2.64. The topological polar surface area (TPSA) is 35.5 Å². The molecule has 1 aliphatic heterocycles. The predicted octanol–water partition coefficient (Wildman–Crippen LogP) is 3.44. The molecule has 1 atom stereocenters. The highest BCUT2D eigenvalue weighted by atomic mass is 16.5. The number of carbonyl (C=O) groups excluding carboxylic acids is 1. The Kier molecular flexibility index (Phi) is 4.29. The number of ether oxygens (including phenoxy) is 2. The van der Waals surface area contributed by atoms with Crippen LogP contribution in [0.5, 0.6) is 0 Å². The lowest BCUT2D eigenvalue weighted by Gasteiger charge is -2.40. The first-order valence-electron chi connectivity index (χ1n) is 6.41. The third-order valence-electron chi connectivity index (χ3n) is 3.45. The van der Waals surface area contributed by atoms with Crippen LogP contribution in [0.15, 0.2) is 0 Å². The summed E-state index contributed by atoms with van der Waals surface area (Å²) in [6, 6.07) is 0. The molecule has 17 heavy (non-hydrogen) atoms. The van der Waals surface area contributed by atoms with Crippen LogP contribution in [0.2, 0.25) is 12.6 Å². The van der Waals surface area contributed by atoms with Gasteiger partial charge in [-0.3, -0.25) is 4.79 Å². The van der Waals surface area contributed by atoms with Crippen molar-refractivity contribution in [1.29, 1.82) is 0 Å². The van der Waals surface area contributed by atoms with Gasteiger partial charge in [0, 0.05) is 7.11 Å². The molecule has 3 nitrogen and oxygen atoms in total. The van der Waals surface area contributed by atoms with Gasteiger partial charge in [0.2, 0.25) is 0 Å². The minimum Gasteiger partial charge on any atom is -0.468 e. The molecule has 4 heteroatoms. The second-order valence-corrected chi connectivity index (χ2v) is 6.72. The molecule has 1 fully saturated rings. The molecule has 0 N–H and O–H groups in total. The van der Waals surface area contributed by atoms with Crippen molar-refractivity contribution in [3.63, 3.8) is 0 Å². The first-order chi connectivity index (χ1) is 7.65. The van der Waals surface area contributed by atoms with E-state index in [1.807, 2.05) is 20.8 Å². The summed E-state index contributed by atoms with van der Waals surface area (Å²) in [6.07, 6.45) is 2.91. The summed E-state index contributed by atoms with van der Waals surface area (Å²) in [4.78, 5) is 12.0. The Morgan fingerprint density at radius 1 is 1.35 bits per heavy atom. The molecule has 1 rings (SSSR count). The molecule has 0 aliphatic carbocycles. The lowest BCUT2D eigenvalue weighted by Crippen LogP contribution is -2.45. The maximum Gasteiger partial charge on any atom is 0.278 e. The summed E-state index contributed by atoms with van der Waals surface area (Å²) < 4.78 is 10.9. The van der Waals surface area contributed by atoms with Gasteiger partial charge in [-0.1, -0.05) is 26.5 Å². The molecular formula is C13H25BO3. The van der Waals surface area contributed by atoms with E-state index in [9.17, 15) is 4.79 Å². The summed E-state index contributed by atoms with van der Waals surface area (Å²) in [5, 5.41) is 0. The van der Waals surface area contributed by atoms with Crippen molar-refractivity contribution in [2.75, 3.05) is 7.11 Å². The fraction of sp³-hybridized carbons (Fsp3) is 0.923. The van der Waals surface area contributed by atoms with Gasteiger partial charge in [0.1, 0.15) is 5.60 Å². The summed E-state index contributed by atoms with van der Waals surface area (Å²) >= 11 is 0. The van der Waals surface area contributed by atoms with Crippen molar-refractivity contribution in [2.24, 2.45) is 5.41 Å². The standard InChI is InChI=1S/C13H25BO3/c1-12(2,3)17-11(15)14-8-7-10(16-6)13(4,5)9-14/h10H,7-9H2,1-6H3/t10-/m0/s1. The van der Waals surface area contributed by atoms with E-state index in [4.69, 9.17) is 9.47 Å². The van der Waals surface area contributed by atoms with E-state index in [1.54, 1.807) is 7.11 Å². The Bertz CT molecular complexity index is 281. The molecular weight excluding hydrogens is 215 g/mol. The molecule has 0 aromatic rings. The lowest BCUT2D eigenvalue weighted by atomic mass is 9.36. The van der Waals surface area contributed by atoms with Gasteiger partial charge in [0.25, 0.3) is 12.6 Å². The van der Waals surface area contributed by atoms with Crippen molar-refractivity contribution < 1.29 is 14.3 Å². The average molecular weight is 240 g/mol. The highest BCUT2D eigenvalue weighted by molar-refractivity contribution is 6.88. The zero-order chi connectivity index (χ0) is 13.3. The minimum atomic E-state index is -0.390. The van der Waals surface area contributed by atoms with Crippen LogP contribution in [0.4, 0.5) is 4.79 Å². The van der Waals surface area contributed by atoms with Gasteiger partial charge in [-0.2, -0.15) is 0 Å². The molecule has 0 radical (unpaired) electrons. The van der Waals surface area contributed by atoms with Crippen LogP contribution in [-0.4, -0.2) is 31.4 Å². The van der Waals surface area contributed by atoms with Crippen molar-refractivity contribution >= 4 is 12.6 Å². The van der Waals surface area contributed by atoms with Crippen LogP contribution < -0.4 is 0 Å². The minimum absolute atomic E-state index is 0.0237. The van der Waals surface area contributed by atoms with E-state index >= 15 is 0 Å². The molecule has 0 aromatic carbocycles. The smallest absolute Gasteiger partial charge is 0.278 e. The summed E-state index contributed by atoms with van der Waals surface area (Å²) in [5.74, 6) is -0.0554. The third-order valence-corrected chi connectivity index (χ3v) is 3.45. The van der Waals surface area contributed by atoms with Crippen LogP contribution in [0.3, 0.4) is 0 Å². The normalized spacial score (nSPS) is 24.6. The maximum atomic E-state index is 12.0. The van der Waals surface area contributed by atoms with E-state index in [2.05, 4.69) is 13.8 Å². The van der Waals surface area contributed by atoms with Crippen LogP contribution in [-0.2, 0) is 9.47 Å². The Labute approximate surface area is 105 Å². The molecule has 1 heterocycles. The number of carbonyl (C=O) groups is 1. The number of hydrogen-bond acceptors (Lipinski definition) is 3. The Morgan fingerprint density at radius 3 is 2.35 bits per heavy atom. The first kappa shape index (κ1) is 14.6. The summed E-state index contributed by atoms with van der Waals surface area (Å²) in [6.45, 7) is 10.1. The van der Waals surface area contributed by atoms with Gasteiger partial charge in [-0.05, 0) is 32.6 Å². The van der Waals surface area contributed by atoms with Crippen molar-refractivity contribution in [3.05, 3.63) is 0 Å². The largest absolute Gasteiger partial charge is 0.468 e. The Morgan fingerprint density at radius 2 is 1.94 bits per heavy atom. The SMILES string of the molecule is CO[C@H]1CCB(C(=O)OC(C)(C)C)CC1(C)C. The lowest BCUT2D eigenvalue weighted by molar-refractivity contribution is 0.00774. The molecule has 0 saturated carbocycles. The number of methoxy groups -OCH3 is 1. The molecule has 0 spiro atoms. The Balaban J connectivity index is 2.62. The highest BCUT2D eigenvalue weighted by Gasteiger charge is 2.43. The molecule has 1 saturated heterocycles. The van der Waals surface area contributed by atoms with Gasteiger partial charge < -0.3 is 9.47 Å². The summed E-state index contributed by atoms with van der Waals surface area (Å²) in [5.41, 5.74) is -0.339. The second-order valence-electron chi connectivity index (χ2n) is 6.72. The molecule has 1 aliphatic rings. The van der Waals surface area contributed by atoms with E-state index in [0.29, 0.717) is 0 Å². The molecule has 0 unspecified atom stereocenters. The zero-order valence-corrected chi connectivity index (χ0v) is 12.0. The van der Waals surface area contributed by atoms with Crippen LogP contribution >= 0.6 is 0 Å². The van der Waals surface area contributed by atoms with Crippen molar-refractivity contribution in [2.45, 2.75) is 65.4 Å². The zero-order valence-electron chi connectivity index (χ0n) is 12.0. The van der Waals surface area contributed by atoms with Gasteiger partial charge in [0.05, 0.1) is 6.10 Å². The number of rotatable bonds is 2. The van der Waals surface area contributed by atoms with Crippen molar-refractivity contribution in [1.82, 2.24) is 0 Å². The van der Waals surface area contributed by atoms with E-state index < -0.39 is 0 Å². The predicted molar refractivity (Wildman–Crippen MR) is 70.8 cm³/mol. The number of hydrogen-bond donors (Lipinski definition) is 0. The van der Waals surface area contributed by atoms with Gasteiger partial charge in [0.15, 0.2) is 0 Å². The van der Waals surface area contributed by atoms with E-state index in [-0.39, 0.29) is 29.7 Å². The second kappa shape index (κ2) is 5.01.